The third-order valence-electron chi connectivity index (χ3n) is 4.73. The van der Waals surface area contributed by atoms with Crippen molar-refractivity contribution in [2.75, 3.05) is 26.7 Å². The molecule has 4 heteroatoms. The van der Waals surface area contributed by atoms with Gasteiger partial charge in [-0.2, -0.15) is 0 Å². The molecule has 0 saturated carbocycles. The van der Waals surface area contributed by atoms with Crippen LogP contribution in [0.15, 0.2) is 36.4 Å². The smallest absolute Gasteiger partial charge is 0.123 e. The molecular formula is C18H25ClN2O. The van der Waals surface area contributed by atoms with Crippen LogP contribution in [0.2, 0.25) is 0 Å². The largest absolute Gasteiger partial charge is 0.496 e. The van der Waals surface area contributed by atoms with Crippen LogP contribution in [0.3, 0.4) is 0 Å². The molecule has 0 spiro atoms. The first-order valence-corrected chi connectivity index (χ1v) is 7.62. The lowest BCUT2D eigenvalue weighted by atomic mass is 9.90. The van der Waals surface area contributed by atoms with Crippen molar-refractivity contribution < 1.29 is 4.74 Å². The summed E-state index contributed by atoms with van der Waals surface area (Å²) in [6.07, 6.45) is 1.18. The number of hydrogen-bond acceptors (Lipinski definition) is 3. The lowest BCUT2D eigenvalue weighted by Gasteiger charge is -2.23. The molecule has 0 bridgehead atoms. The van der Waals surface area contributed by atoms with Crippen molar-refractivity contribution in [3.05, 3.63) is 42.0 Å². The highest BCUT2D eigenvalue weighted by atomic mass is 35.5. The van der Waals surface area contributed by atoms with Crippen molar-refractivity contribution in [1.82, 2.24) is 4.90 Å². The number of nitrogens with two attached hydrogens (primary N) is 1. The SMILES string of the molecule is COc1ccc2ccccc2c1CN1CCC(C)(CN)C1.Cl. The number of ether oxygens (including phenoxy) is 1. The van der Waals surface area contributed by atoms with Crippen molar-refractivity contribution >= 4 is 23.2 Å². The van der Waals surface area contributed by atoms with Crippen molar-refractivity contribution in [1.29, 1.82) is 0 Å². The molecular weight excluding hydrogens is 296 g/mol. The van der Waals surface area contributed by atoms with E-state index in [1.54, 1.807) is 7.11 Å². The summed E-state index contributed by atoms with van der Waals surface area (Å²) in [4.78, 5) is 2.50. The first kappa shape index (κ1) is 17.1. The molecule has 0 radical (unpaired) electrons. The molecule has 1 atom stereocenters. The normalized spacial score (nSPS) is 21.8. The van der Waals surface area contributed by atoms with Gasteiger partial charge >= 0.3 is 0 Å². The molecule has 0 amide bonds. The van der Waals surface area contributed by atoms with E-state index in [-0.39, 0.29) is 17.8 Å². The Morgan fingerprint density at radius 1 is 1.23 bits per heavy atom. The zero-order chi connectivity index (χ0) is 14.9. The molecule has 1 unspecified atom stereocenters. The summed E-state index contributed by atoms with van der Waals surface area (Å²) in [5.74, 6) is 0.982. The van der Waals surface area contributed by atoms with Gasteiger partial charge in [0.1, 0.15) is 5.75 Å². The Kier molecular flexibility index (Phi) is 5.32. The van der Waals surface area contributed by atoms with E-state index >= 15 is 0 Å². The predicted molar refractivity (Wildman–Crippen MR) is 94.8 cm³/mol. The minimum atomic E-state index is 0. The zero-order valence-electron chi connectivity index (χ0n) is 13.3. The van der Waals surface area contributed by atoms with Crippen molar-refractivity contribution in [2.24, 2.45) is 11.1 Å². The van der Waals surface area contributed by atoms with Crippen LogP contribution >= 0.6 is 12.4 Å². The van der Waals surface area contributed by atoms with Gasteiger partial charge in [-0.05, 0) is 41.8 Å². The van der Waals surface area contributed by atoms with Crippen LogP contribution in [0.25, 0.3) is 10.8 Å². The number of nitrogens with zero attached hydrogens (tertiary/aromatic N) is 1. The number of likely N-dealkylation sites (tertiary alicyclic amines) is 1. The molecule has 0 aliphatic carbocycles. The summed E-state index contributed by atoms with van der Waals surface area (Å²) < 4.78 is 5.59. The molecule has 0 aromatic heterocycles. The fraction of sp³-hybridized carbons (Fsp3) is 0.444. The number of methoxy groups -OCH3 is 1. The minimum Gasteiger partial charge on any atom is -0.496 e. The predicted octanol–water partition coefficient (Wildman–Crippen LogP) is 3.44. The van der Waals surface area contributed by atoms with E-state index in [0.29, 0.717) is 0 Å². The maximum atomic E-state index is 5.92. The number of halogens is 1. The molecule has 22 heavy (non-hydrogen) atoms. The van der Waals surface area contributed by atoms with Gasteiger partial charge in [-0.25, -0.2) is 0 Å². The van der Waals surface area contributed by atoms with Gasteiger partial charge < -0.3 is 10.5 Å². The van der Waals surface area contributed by atoms with Crippen LogP contribution in [-0.4, -0.2) is 31.6 Å². The fourth-order valence-corrected chi connectivity index (χ4v) is 3.32. The molecule has 1 saturated heterocycles. The quantitative estimate of drug-likeness (QED) is 0.938. The maximum absolute atomic E-state index is 5.92. The molecule has 3 rings (SSSR count). The summed E-state index contributed by atoms with van der Waals surface area (Å²) in [5, 5.41) is 2.56. The van der Waals surface area contributed by atoms with Crippen LogP contribution < -0.4 is 10.5 Å². The second-order valence-electron chi connectivity index (χ2n) is 6.44. The van der Waals surface area contributed by atoms with Gasteiger partial charge in [0.25, 0.3) is 0 Å². The number of hydrogen-bond donors (Lipinski definition) is 1. The topological polar surface area (TPSA) is 38.5 Å². The van der Waals surface area contributed by atoms with Crippen LogP contribution in [0.4, 0.5) is 0 Å². The Balaban J connectivity index is 0.00000176. The Hall–Kier alpha value is -1.29. The van der Waals surface area contributed by atoms with E-state index in [1.165, 1.54) is 22.8 Å². The Bertz CT molecular complexity index is 646. The van der Waals surface area contributed by atoms with Crippen molar-refractivity contribution in [3.63, 3.8) is 0 Å². The van der Waals surface area contributed by atoms with Crippen molar-refractivity contribution in [2.45, 2.75) is 19.9 Å². The van der Waals surface area contributed by atoms with Crippen LogP contribution in [0.5, 0.6) is 5.75 Å². The van der Waals surface area contributed by atoms with E-state index in [2.05, 4.69) is 48.2 Å². The highest BCUT2D eigenvalue weighted by molar-refractivity contribution is 5.87. The van der Waals surface area contributed by atoms with Gasteiger partial charge in [0.2, 0.25) is 0 Å². The van der Waals surface area contributed by atoms with Gasteiger partial charge in [-0.3, -0.25) is 4.90 Å². The van der Waals surface area contributed by atoms with Gasteiger partial charge in [-0.15, -0.1) is 12.4 Å². The molecule has 1 aliphatic heterocycles. The minimum absolute atomic E-state index is 0. The Morgan fingerprint density at radius 3 is 2.68 bits per heavy atom. The lowest BCUT2D eigenvalue weighted by molar-refractivity contribution is 0.271. The maximum Gasteiger partial charge on any atom is 0.123 e. The molecule has 1 fully saturated rings. The average Bonchev–Trinajstić information content (AvgIpc) is 2.90. The van der Waals surface area contributed by atoms with Crippen molar-refractivity contribution in [3.8, 4) is 5.75 Å². The van der Waals surface area contributed by atoms with Crippen LogP contribution in [-0.2, 0) is 6.54 Å². The second-order valence-corrected chi connectivity index (χ2v) is 6.44. The van der Waals surface area contributed by atoms with Crippen LogP contribution in [0.1, 0.15) is 18.9 Å². The molecule has 3 nitrogen and oxygen atoms in total. The summed E-state index contributed by atoms with van der Waals surface area (Å²) >= 11 is 0. The highest BCUT2D eigenvalue weighted by Crippen LogP contribution is 2.33. The monoisotopic (exact) mass is 320 g/mol. The first-order chi connectivity index (χ1) is 10.1. The number of benzene rings is 2. The Morgan fingerprint density at radius 2 is 2.00 bits per heavy atom. The molecule has 120 valence electrons. The second kappa shape index (κ2) is 6.86. The molecule has 2 aromatic rings. The molecule has 1 heterocycles. The third kappa shape index (κ3) is 3.22. The summed E-state index contributed by atoms with van der Waals surface area (Å²) in [6, 6.07) is 12.7. The molecule has 2 N–H and O–H groups in total. The standard InChI is InChI=1S/C18H24N2O.ClH/c1-18(12-19)9-10-20(13-18)11-16-15-6-4-3-5-14(15)7-8-17(16)21-2;/h3-8H,9-13,19H2,1-2H3;1H. The van der Waals surface area contributed by atoms with Gasteiger partial charge in [0, 0.05) is 18.7 Å². The van der Waals surface area contributed by atoms with E-state index < -0.39 is 0 Å². The third-order valence-corrected chi connectivity index (χ3v) is 4.73. The van der Waals surface area contributed by atoms with E-state index in [0.717, 1.165) is 31.9 Å². The summed E-state index contributed by atoms with van der Waals surface area (Å²) in [5.41, 5.74) is 7.47. The first-order valence-electron chi connectivity index (χ1n) is 7.62. The van der Waals surface area contributed by atoms with E-state index in [9.17, 15) is 0 Å². The zero-order valence-corrected chi connectivity index (χ0v) is 14.2. The average molecular weight is 321 g/mol. The van der Waals surface area contributed by atoms with Gasteiger partial charge in [-0.1, -0.05) is 37.3 Å². The fourth-order valence-electron chi connectivity index (χ4n) is 3.32. The number of fused-ring (bicyclic) bond motifs is 1. The van der Waals surface area contributed by atoms with Gasteiger partial charge in [0.15, 0.2) is 0 Å². The van der Waals surface area contributed by atoms with Crippen LogP contribution in [0, 0.1) is 5.41 Å². The summed E-state index contributed by atoms with van der Waals surface area (Å²) in [6.45, 7) is 6.15. The summed E-state index contributed by atoms with van der Waals surface area (Å²) in [7, 11) is 1.75. The Labute approximate surface area is 138 Å². The molecule has 2 aromatic carbocycles. The number of rotatable bonds is 4. The molecule has 1 aliphatic rings. The van der Waals surface area contributed by atoms with E-state index in [4.69, 9.17) is 10.5 Å². The van der Waals surface area contributed by atoms with E-state index in [1.807, 2.05) is 0 Å². The highest BCUT2D eigenvalue weighted by Gasteiger charge is 2.32. The lowest BCUT2D eigenvalue weighted by Crippen LogP contribution is -2.31. The van der Waals surface area contributed by atoms with Gasteiger partial charge in [0.05, 0.1) is 7.11 Å².